The fraction of sp³-hybridized carbons (Fsp3) is 0.167. The van der Waals surface area contributed by atoms with Crippen LogP contribution < -0.4 is 9.47 Å². The zero-order chi connectivity index (χ0) is 17.4. The summed E-state index contributed by atoms with van der Waals surface area (Å²) in [6, 6.07) is 11.7. The summed E-state index contributed by atoms with van der Waals surface area (Å²) in [6.07, 6.45) is 2.87. The average Bonchev–Trinajstić information content (AvgIpc) is 2.58. The van der Waals surface area contributed by atoms with Gasteiger partial charge in [0.1, 0.15) is 19.0 Å². The normalized spacial score (nSPS) is 10.6. The Morgan fingerprint density at radius 1 is 1.21 bits per heavy atom. The zero-order valence-electron chi connectivity index (χ0n) is 13.1. The maximum atomic E-state index is 11.6. The third-order valence-electron chi connectivity index (χ3n) is 3.01. The summed E-state index contributed by atoms with van der Waals surface area (Å²) in [5, 5.41) is 10.1. The molecular weight excluding hydrogens is 332 g/mol. The van der Waals surface area contributed by atoms with Crippen molar-refractivity contribution in [1.29, 1.82) is 0 Å². The summed E-state index contributed by atoms with van der Waals surface area (Å²) in [7, 11) is 1.46. The van der Waals surface area contributed by atoms with Gasteiger partial charge in [-0.1, -0.05) is 23.7 Å². The molecule has 0 saturated carbocycles. The number of benzene rings is 2. The third-order valence-corrected chi connectivity index (χ3v) is 3.24. The van der Waals surface area contributed by atoms with Gasteiger partial charge < -0.3 is 19.3 Å². The lowest BCUT2D eigenvalue weighted by Gasteiger charge is -2.06. The molecule has 5 nitrogen and oxygen atoms in total. The topological polar surface area (TPSA) is 65.0 Å². The van der Waals surface area contributed by atoms with Gasteiger partial charge in [-0.2, -0.15) is 0 Å². The Kier molecular flexibility index (Phi) is 6.51. The van der Waals surface area contributed by atoms with Gasteiger partial charge in [-0.15, -0.1) is 0 Å². The van der Waals surface area contributed by atoms with Crippen LogP contribution in [0.1, 0.15) is 5.56 Å². The number of hydrogen-bond donors (Lipinski definition) is 1. The lowest BCUT2D eigenvalue weighted by Crippen LogP contribution is -2.10. The minimum absolute atomic E-state index is 0.0374. The van der Waals surface area contributed by atoms with E-state index in [9.17, 15) is 9.90 Å². The number of hydrogen-bond acceptors (Lipinski definition) is 5. The van der Waals surface area contributed by atoms with Gasteiger partial charge in [0, 0.05) is 11.1 Å². The first-order chi connectivity index (χ1) is 11.6. The second kappa shape index (κ2) is 8.84. The molecule has 24 heavy (non-hydrogen) atoms. The first-order valence-corrected chi connectivity index (χ1v) is 7.56. The molecule has 0 spiro atoms. The molecule has 0 aromatic heterocycles. The molecule has 0 atom stereocenters. The Bertz CT molecular complexity index is 727. The molecule has 0 aliphatic heterocycles. The smallest absolute Gasteiger partial charge is 0.330 e. The number of methoxy groups -OCH3 is 1. The molecule has 0 unspecified atom stereocenters. The van der Waals surface area contributed by atoms with Crippen LogP contribution in [0.2, 0.25) is 5.02 Å². The molecule has 0 aliphatic rings. The van der Waals surface area contributed by atoms with E-state index in [0.29, 0.717) is 22.1 Å². The van der Waals surface area contributed by atoms with Crippen molar-refractivity contribution < 1.29 is 24.1 Å². The van der Waals surface area contributed by atoms with Crippen molar-refractivity contribution in [2.24, 2.45) is 0 Å². The highest BCUT2D eigenvalue weighted by atomic mass is 35.5. The van der Waals surface area contributed by atoms with Crippen LogP contribution in [-0.2, 0) is 9.53 Å². The molecule has 0 amide bonds. The molecule has 6 heteroatoms. The van der Waals surface area contributed by atoms with Crippen molar-refractivity contribution >= 4 is 23.6 Å². The quantitative estimate of drug-likeness (QED) is 0.469. The molecule has 0 fully saturated rings. The first kappa shape index (κ1) is 17.7. The van der Waals surface area contributed by atoms with Crippen molar-refractivity contribution in [2.75, 3.05) is 20.3 Å². The fourth-order valence-corrected chi connectivity index (χ4v) is 2.05. The van der Waals surface area contributed by atoms with E-state index >= 15 is 0 Å². The number of esters is 1. The maximum Gasteiger partial charge on any atom is 0.330 e. The highest BCUT2D eigenvalue weighted by molar-refractivity contribution is 6.30. The predicted octanol–water partition coefficient (Wildman–Crippen LogP) is 3.69. The molecule has 0 bridgehead atoms. The van der Waals surface area contributed by atoms with Crippen LogP contribution in [0.3, 0.4) is 0 Å². The molecule has 0 heterocycles. The Morgan fingerprint density at radius 2 is 2.04 bits per heavy atom. The van der Waals surface area contributed by atoms with Crippen LogP contribution in [0.5, 0.6) is 17.2 Å². The van der Waals surface area contributed by atoms with Crippen molar-refractivity contribution in [1.82, 2.24) is 0 Å². The van der Waals surface area contributed by atoms with Crippen molar-refractivity contribution in [3.63, 3.8) is 0 Å². The SMILES string of the molecule is COc1cc(/C=C/C(=O)OCCOc2cccc(Cl)c2)ccc1O. The van der Waals surface area contributed by atoms with Crippen LogP contribution in [0, 0.1) is 0 Å². The Hall–Kier alpha value is -2.66. The van der Waals surface area contributed by atoms with Gasteiger partial charge in [-0.05, 0) is 42.0 Å². The summed E-state index contributed by atoms with van der Waals surface area (Å²) >= 11 is 5.84. The van der Waals surface area contributed by atoms with Gasteiger partial charge in [-0.3, -0.25) is 0 Å². The van der Waals surface area contributed by atoms with Gasteiger partial charge in [0.25, 0.3) is 0 Å². The van der Waals surface area contributed by atoms with E-state index in [1.807, 2.05) is 0 Å². The standard InChI is InChI=1S/C18H17ClO5/c1-22-17-11-13(5-7-16(17)20)6-8-18(21)24-10-9-23-15-4-2-3-14(19)12-15/h2-8,11-12,20H,9-10H2,1H3/b8-6+. The predicted molar refractivity (Wildman–Crippen MR) is 91.6 cm³/mol. The highest BCUT2D eigenvalue weighted by Crippen LogP contribution is 2.26. The molecule has 2 aromatic rings. The lowest BCUT2D eigenvalue weighted by atomic mass is 10.2. The summed E-state index contributed by atoms with van der Waals surface area (Å²) < 4.78 is 15.4. The van der Waals surface area contributed by atoms with E-state index in [-0.39, 0.29) is 19.0 Å². The summed E-state index contributed by atoms with van der Waals surface area (Å²) in [6.45, 7) is 0.349. The lowest BCUT2D eigenvalue weighted by molar-refractivity contribution is -0.138. The molecule has 0 saturated heterocycles. The van der Waals surface area contributed by atoms with Gasteiger partial charge >= 0.3 is 5.97 Å². The van der Waals surface area contributed by atoms with Gasteiger partial charge in [-0.25, -0.2) is 4.79 Å². The highest BCUT2D eigenvalue weighted by Gasteiger charge is 2.02. The molecule has 1 N–H and O–H groups in total. The molecule has 126 valence electrons. The van der Waals surface area contributed by atoms with E-state index in [2.05, 4.69) is 0 Å². The van der Waals surface area contributed by atoms with Crippen molar-refractivity contribution in [3.05, 3.63) is 59.1 Å². The number of aromatic hydroxyl groups is 1. The Balaban J connectivity index is 1.76. The maximum absolute atomic E-state index is 11.6. The number of carbonyl (C=O) groups excluding carboxylic acids is 1. The molecule has 0 aliphatic carbocycles. The molecular formula is C18H17ClO5. The first-order valence-electron chi connectivity index (χ1n) is 7.18. The monoisotopic (exact) mass is 348 g/mol. The third kappa shape index (κ3) is 5.52. The molecule has 2 rings (SSSR count). The Labute approximate surface area is 145 Å². The zero-order valence-corrected chi connectivity index (χ0v) is 13.8. The van der Waals surface area contributed by atoms with Crippen LogP contribution in [-0.4, -0.2) is 31.4 Å². The molecule has 0 radical (unpaired) electrons. The van der Waals surface area contributed by atoms with E-state index in [4.69, 9.17) is 25.8 Å². The van der Waals surface area contributed by atoms with Crippen LogP contribution >= 0.6 is 11.6 Å². The summed E-state index contributed by atoms with van der Waals surface area (Å²) in [5.41, 5.74) is 0.705. The minimum Gasteiger partial charge on any atom is -0.504 e. The number of halogens is 1. The fourth-order valence-electron chi connectivity index (χ4n) is 1.87. The average molecular weight is 349 g/mol. The van der Waals surface area contributed by atoms with Crippen molar-refractivity contribution in [3.8, 4) is 17.2 Å². The van der Waals surface area contributed by atoms with E-state index in [0.717, 1.165) is 0 Å². The summed E-state index contributed by atoms with van der Waals surface area (Å²) in [4.78, 5) is 11.6. The second-order valence-electron chi connectivity index (χ2n) is 4.74. The van der Waals surface area contributed by atoms with Gasteiger partial charge in [0.05, 0.1) is 7.11 Å². The number of carbonyl (C=O) groups is 1. The number of phenols is 1. The number of phenolic OH excluding ortho intramolecular Hbond substituents is 1. The van der Waals surface area contributed by atoms with Gasteiger partial charge in [0.15, 0.2) is 11.5 Å². The van der Waals surface area contributed by atoms with Crippen molar-refractivity contribution in [2.45, 2.75) is 0 Å². The van der Waals surface area contributed by atoms with E-state index < -0.39 is 5.97 Å². The van der Waals surface area contributed by atoms with Gasteiger partial charge in [0.2, 0.25) is 0 Å². The summed E-state index contributed by atoms with van der Waals surface area (Å²) in [5.74, 6) is 0.498. The molecule has 2 aromatic carbocycles. The van der Waals surface area contributed by atoms with Crippen LogP contribution in [0.4, 0.5) is 0 Å². The van der Waals surface area contributed by atoms with Crippen LogP contribution in [0.15, 0.2) is 48.5 Å². The van der Waals surface area contributed by atoms with E-state index in [1.54, 1.807) is 42.5 Å². The minimum atomic E-state index is -0.489. The number of rotatable bonds is 7. The number of ether oxygens (including phenoxy) is 3. The Morgan fingerprint density at radius 3 is 2.79 bits per heavy atom. The van der Waals surface area contributed by atoms with Crippen LogP contribution in [0.25, 0.3) is 6.08 Å². The van der Waals surface area contributed by atoms with E-state index in [1.165, 1.54) is 19.3 Å². The second-order valence-corrected chi connectivity index (χ2v) is 5.17. The largest absolute Gasteiger partial charge is 0.504 e.